The van der Waals surface area contributed by atoms with Crippen LogP contribution in [0.5, 0.6) is 11.5 Å². The summed E-state index contributed by atoms with van der Waals surface area (Å²) in [5, 5.41) is 2.72. The number of ether oxygens (including phenoxy) is 1. The Hall–Kier alpha value is -3.07. The van der Waals surface area contributed by atoms with E-state index in [9.17, 15) is 0 Å². The molecule has 38 heavy (non-hydrogen) atoms. The molecule has 3 nitrogen and oxygen atoms in total. The molecule has 3 aromatic rings. The van der Waals surface area contributed by atoms with Crippen LogP contribution in [-0.4, -0.2) is 26.7 Å². The molecule has 0 amide bonds. The predicted molar refractivity (Wildman–Crippen MR) is 158 cm³/mol. The molecule has 0 atom stereocenters. The molecular formula is C35H41N2O+. The second-order valence-electron chi connectivity index (χ2n) is 12.8. The molecule has 0 bridgehead atoms. The first-order valence-corrected chi connectivity index (χ1v) is 14.9. The Labute approximate surface area is 227 Å². The summed E-state index contributed by atoms with van der Waals surface area (Å²) >= 11 is 0. The lowest BCUT2D eigenvalue weighted by Crippen LogP contribution is -2.40. The topological polar surface area (TPSA) is 15.5 Å². The largest absolute Gasteiger partial charge is 0.455 e. The molecule has 3 heteroatoms. The molecular weight excluding hydrogens is 464 g/mol. The molecule has 0 fully saturated rings. The highest BCUT2D eigenvalue weighted by Gasteiger charge is 2.35. The van der Waals surface area contributed by atoms with Crippen LogP contribution in [-0.2, 0) is 31.1 Å². The molecule has 0 saturated carbocycles. The van der Waals surface area contributed by atoms with E-state index in [0.29, 0.717) is 0 Å². The van der Waals surface area contributed by atoms with E-state index in [4.69, 9.17) is 4.74 Å². The molecule has 7 rings (SSSR count). The van der Waals surface area contributed by atoms with Gasteiger partial charge in [0.25, 0.3) is 0 Å². The van der Waals surface area contributed by atoms with E-state index in [-0.39, 0.29) is 5.41 Å². The number of rotatable bonds is 2. The summed E-state index contributed by atoms with van der Waals surface area (Å²) in [5.41, 5.74) is 12.9. The number of fused-ring (bicyclic) bond motifs is 5. The summed E-state index contributed by atoms with van der Waals surface area (Å²) in [7, 11) is 2.26. The number of hydrogen-bond donors (Lipinski definition) is 0. The number of benzene rings is 3. The van der Waals surface area contributed by atoms with Crippen molar-refractivity contribution >= 4 is 11.3 Å². The van der Waals surface area contributed by atoms with Crippen LogP contribution in [0.2, 0.25) is 0 Å². The summed E-state index contributed by atoms with van der Waals surface area (Å²) < 4.78 is 9.67. The number of anilines is 1. The van der Waals surface area contributed by atoms with Crippen molar-refractivity contribution in [2.45, 2.75) is 78.1 Å². The zero-order valence-corrected chi connectivity index (χ0v) is 23.8. The fourth-order valence-electron chi connectivity index (χ4n) is 7.68. The van der Waals surface area contributed by atoms with E-state index in [1.165, 1.54) is 99.6 Å². The maximum absolute atomic E-state index is 7.20. The van der Waals surface area contributed by atoms with E-state index in [1.807, 2.05) is 0 Å². The first kappa shape index (κ1) is 24.0. The highest BCUT2D eigenvalue weighted by Crippen LogP contribution is 2.49. The van der Waals surface area contributed by atoms with E-state index in [1.54, 1.807) is 0 Å². The van der Waals surface area contributed by atoms with Crippen LogP contribution >= 0.6 is 0 Å². The Morgan fingerprint density at radius 2 is 1.66 bits per heavy atom. The summed E-state index contributed by atoms with van der Waals surface area (Å²) in [4.78, 5) is 2.64. The van der Waals surface area contributed by atoms with Crippen LogP contribution in [0, 0.1) is 0 Å². The van der Waals surface area contributed by atoms with Gasteiger partial charge in [-0.25, -0.2) is 4.58 Å². The quantitative estimate of drug-likeness (QED) is 0.327. The van der Waals surface area contributed by atoms with Gasteiger partial charge in [0.05, 0.1) is 5.56 Å². The Bertz CT molecular complexity index is 1600. The number of aryl methyl sites for hydroxylation is 2. The third-order valence-electron chi connectivity index (χ3n) is 9.33. The predicted octanol–water partition coefficient (Wildman–Crippen LogP) is 5.67. The molecule has 0 N–H and O–H groups in total. The molecule has 0 aromatic heterocycles. The van der Waals surface area contributed by atoms with Crippen LogP contribution < -0.4 is 24.8 Å². The van der Waals surface area contributed by atoms with Gasteiger partial charge in [0.15, 0.2) is 0 Å². The number of hydrogen-bond acceptors (Lipinski definition) is 2. The van der Waals surface area contributed by atoms with Gasteiger partial charge in [0.2, 0.25) is 5.36 Å². The maximum atomic E-state index is 7.20. The van der Waals surface area contributed by atoms with Crippen molar-refractivity contribution in [3.63, 3.8) is 0 Å². The molecule has 0 unspecified atom stereocenters. The van der Waals surface area contributed by atoms with Crippen LogP contribution in [0.1, 0.15) is 85.9 Å². The molecule has 0 aliphatic carbocycles. The second-order valence-corrected chi connectivity index (χ2v) is 12.8. The van der Waals surface area contributed by atoms with Crippen LogP contribution in [0.4, 0.5) is 5.69 Å². The van der Waals surface area contributed by atoms with Gasteiger partial charge >= 0.3 is 0 Å². The normalized spacial score (nSPS) is 17.9. The third kappa shape index (κ3) is 3.50. The van der Waals surface area contributed by atoms with Crippen molar-refractivity contribution < 1.29 is 4.74 Å². The molecule has 0 radical (unpaired) electrons. The van der Waals surface area contributed by atoms with Gasteiger partial charge in [0, 0.05) is 52.7 Å². The minimum absolute atomic E-state index is 0.0451. The van der Waals surface area contributed by atoms with Gasteiger partial charge in [-0.05, 0) is 72.8 Å². The first-order chi connectivity index (χ1) is 18.4. The molecule has 4 aliphatic rings. The molecule has 3 aromatic carbocycles. The van der Waals surface area contributed by atoms with Gasteiger partial charge in [-0.1, -0.05) is 52.0 Å². The standard InChI is InChI=1S/C35H41N2O/c1-6-22-20-27-30(24-13-7-8-16-29(24)35(2,3)4)28-21-23-12-9-18-37-19-11-15-26(32(23)37)34(28)38-33(27)25-14-10-17-36(5)31(22)25/h7-8,13,16,20-21H,6,9-12,14-15,17-19H2,1-5H3/q+1. The van der Waals surface area contributed by atoms with Crippen molar-refractivity contribution in [1.82, 2.24) is 4.58 Å². The monoisotopic (exact) mass is 505 g/mol. The Kier molecular flexibility index (Phi) is 5.51. The lowest BCUT2D eigenvalue weighted by atomic mass is 9.77. The highest BCUT2D eigenvalue weighted by molar-refractivity contribution is 5.90. The SMILES string of the molecule is CCc1cc2c(c3c1=[N+](C)CCC3)Oc1c(cc3c4c1CCCN4CCC3)C=2c1ccccc1C(C)(C)C. The van der Waals surface area contributed by atoms with Gasteiger partial charge in [-0.3, -0.25) is 0 Å². The Balaban J connectivity index is 1.66. The second kappa shape index (κ2) is 8.73. The van der Waals surface area contributed by atoms with Crippen molar-refractivity contribution in [3.05, 3.63) is 85.9 Å². The Morgan fingerprint density at radius 1 is 0.895 bits per heavy atom. The van der Waals surface area contributed by atoms with E-state index in [2.05, 4.69) is 80.6 Å². The summed E-state index contributed by atoms with van der Waals surface area (Å²) in [6.45, 7) is 12.8. The van der Waals surface area contributed by atoms with Crippen LogP contribution in [0.3, 0.4) is 0 Å². The lowest BCUT2D eigenvalue weighted by Gasteiger charge is -2.39. The summed E-state index contributed by atoms with van der Waals surface area (Å²) in [6, 6.07) is 14.1. The van der Waals surface area contributed by atoms with Crippen LogP contribution in [0.15, 0.2) is 36.4 Å². The van der Waals surface area contributed by atoms with E-state index >= 15 is 0 Å². The first-order valence-electron chi connectivity index (χ1n) is 14.9. The minimum atomic E-state index is 0.0451. The van der Waals surface area contributed by atoms with Gasteiger partial charge in [-0.15, -0.1) is 0 Å². The van der Waals surface area contributed by atoms with Crippen LogP contribution in [0.25, 0.3) is 5.57 Å². The minimum Gasteiger partial charge on any atom is -0.455 e. The zero-order chi connectivity index (χ0) is 26.2. The van der Waals surface area contributed by atoms with Gasteiger partial charge in [-0.2, -0.15) is 0 Å². The lowest BCUT2D eigenvalue weighted by molar-refractivity contribution is 0.445. The maximum Gasteiger partial charge on any atom is 0.209 e. The Morgan fingerprint density at radius 3 is 2.45 bits per heavy atom. The van der Waals surface area contributed by atoms with Gasteiger partial charge in [0.1, 0.15) is 25.1 Å². The summed E-state index contributed by atoms with van der Waals surface area (Å²) in [5.74, 6) is 2.26. The fourth-order valence-corrected chi connectivity index (χ4v) is 7.68. The highest BCUT2D eigenvalue weighted by atomic mass is 16.5. The summed E-state index contributed by atoms with van der Waals surface area (Å²) in [6.07, 6.45) is 8.04. The smallest absolute Gasteiger partial charge is 0.209 e. The molecule has 0 saturated heterocycles. The van der Waals surface area contributed by atoms with Crippen molar-refractivity contribution in [2.75, 3.05) is 31.6 Å². The average Bonchev–Trinajstić information content (AvgIpc) is 2.91. The third-order valence-corrected chi connectivity index (χ3v) is 9.33. The molecule has 0 spiro atoms. The molecule has 196 valence electrons. The number of nitrogens with zero attached hydrogens (tertiary/aromatic N) is 2. The van der Waals surface area contributed by atoms with Crippen molar-refractivity contribution in [1.29, 1.82) is 0 Å². The average molecular weight is 506 g/mol. The van der Waals surface area contributed by atoms with E-state index in [0.717, 1.165) is 37.3 Å². The van der Waals surface area contributed by atoms with Crippen molar-refractivity contribution in [3.8, 4) is 11.5 Å². The van der Waals surface area contributed by atoms with Crippen molar-refractivity contribution in [2.24, 2.45) is 0 Å². The molecule has 4 aliphatic heterocycles. The van der Waals surface area contributed by atoms with Gasteiger partial charge < -0.3 is 9.64 Å². The fraction of sp³-hybridized carbons (Fsp3) is 0.457. The molecule has 4 heterocycles. The zero-order valence-electron chi connectivity index (χ0n) is 23.8. The van der Waals surface area contributed by atoms with E-state index < -0.39 is 0 Å².